The minimum Gasteiger partial charge on any atom is -0.444 e. The van der Waals surface area contributed by atoms with Crippen molar-refractivity contribution < 1.29 is 9.53 Å². The summed E-state index contributed by atoms with van der Waals surface area (Å²) in [6.07, 6.45) is 7.13. The summed E-state index contributed by atoms with van der Waals surface area (Å²) in [5, 5.41) is 13.0. The summed E-state index contributed by atoms with van der Waals surface area (Å²) >= 11 is 6.38. The lowest BCUT2D eigenvalue weighted by Crippen LogP contribution is -2.47. The second kappa shape index (κ2) is 9.97. The molecule has 0 aliphatic carbocycles. The fourth-order valence-electron chi connectivity index (χ4n) is 5.68. The highest BCUT2D eigenvalue weighted by atomic mass is 35.5. The van der Waals surface area contributed by atoms with Gasteiger partial charge in [0.2, 0.25) is 5.95 Å². The molecule has 2 aromatic rings. The Morgan fingerprint density at radius 2 is 1.80 bits per heavy atom. The Morgan fingerprint density at radius 3 is 2.51 bits per heavy atom. The van der Waals surface area contributed by atoms with Gasteiger partial charge in [0.05, 0.1) is 5.69 Å². The molecule has 3 aliphatic heterocycles. The zero-order valence-electron chi connectivity index (χ0n) is 21.1. The van der Waals surface area contributed by atoms with E-state index in [2.05, 4.69) is 29.9 Å². The van der Waals surface area contributed by atoms with E-state index in [1.807, 2.05) is 39.0 Å². The van der Waals surface area contributed by atoms with E-state index in [9.17, 15) is 4.79 Å². The second-order valence-electron chi connectivity index (χ2n) is 11.1. The van der Waals surface area contributed by atoms with E-state index in [1.54, 1.807) is 0 Å². The van der Waals surface area contributed by atoms with Crippen LogP contribution in [0.25, 0.3) is 5.69 Å². The van der Waals surface area contributed by atoms with E-state index in [4.69, 9.17) is 16.3 Å². The third kappa shape index (κ3) is 5.59. The Morgan fingerprint density at radius 1 is 1.06 bits per heavy atom. The van der Waals surface area contributed by atoms with Crippen LogP contribution in [0.1, 0.15) is 64.3 Å². The van der Waals surface area contributed by atoms with E-state index >= 15 is 0 Å². The molecule has 1 aromatic carbocycles. The summed E-state index contributed by atoms with van der Waals surface area (Å²) in [4.78, 5) is 17.6. The molecule has 0 saturated carbocycles. The first-order valence-electron chi connectivity index (χ1n) is 13.0. The minimum atomic E-state index is -0.552. The number of hydrogen-bond acceptors (Lipinski definition) is 6. The molecule has 0 radical (unpaired) electrons. The van der Waals surface area contributed by atoms with Crippen LogP contribution < -0.4 is 10.2 Å². The highest BCUT2D eigenvalue weighted by Gasteiger charge is 2.32. The average Bonchev–Trinajstić information content (AvgIpc) is 3.15. The number of carbonyl (C=O) groups excluding carboxylic acids is 1. The number of rotatable bonds is 3. The number of nitrogens with one attached hydrogen (secondary N) is 1. The van der Waals surface area contributed by atoms with Gasteiger partial charge in [-0.05, 0) is 89.7 Å². The molecule has 4 heterocycles. The number of fused-ring (bicyclic) bond motifs is 3. The monoisotopic (exact) mass is 500 g/mol. The number of aromatic nitrogens is 3. The lowest BCUT2D eigenvalue weighted by Gasteiger charge is -2.40. The molecular formula is C26H37ClN6O2. The Bertz CT molecular complexity index is 1050. The van der Waals surface area contributed by atoms with Gasteiger partial charge in [0.25, 0.3) is 0 Å². The number of benzene rings is 1. The predicted octanol–water partition coefficient (Wildman–Crippen LogP) is 4.37. The average molecular weight is 501 g/mol. The number of alkyl carbamates (subject to hydrolysis) is 1. The van der Waals surface area contributed by atoms with Crippen molar-refractivity contribution in [3.8, 4) is 5.69 Å². The molecule has 1 amide bonds. The van der Waals surface area contributed by atoms with Crippen molar-refractivity contribution in [3.05, 3.63) is 34.6 Å². The molecule has 3 aliphatic rings. The minimum absolute atomic E-state index is 0.162. The fourth-order valence-corrected chi connectivity index (χ4v) is 5.87. The van der Waals surface area contributed by atoms with Gasteiger partial charge in [0.1, 0.15) is 11.4 Å². The molecule has 35 heavy (non-hydrogen) atoms. The van der Waals surface area contributed by atoms with Crippen LogP contribution in [0, 0.1) is 0 Å². The van der Waals surface area contributed by atoms with Gasteiger partial charge >= 0.3 is 6.09 Å². The van der Waals surface area contributed by atoms with Gasteiger partial charge in [-0.3, -0.25) is 4.57 Å². The molecule has 1 N–H and O–H groups in total. The number of ether oxygens (including phenoxy) is 1. The summed E-state index contributed by atoms with van der Waals surface area (Å²) in [6.45, 7) is 10.0. The maximum atomic E-state index is 12.5. The molecule has 9 heteroatoms. The molecule has 0 spiro atoms. The fraction of sp³-hybridized carbons (Fsp3) is 0.654. The van der Waals surface area contributed by atoms with E-state index in [0.717, 1.165) is 49.0 Å². The van der Waals surface area contributed by atoms with E-state index in [-0.39, 0.29) is 6.04 Å². The molecule has 8 nitrogen and oxygen atoms in total. The topological polar surface area (TPSA) is 75.5 Å². The smallest absolute Gasteiger partial charge is 0.407 e. The summed E-state index contributed by atoms with van der Waals surface area (Å²) in [5.41, 5.74) is 1.56. The second-order valence-corrected chi connectivity index (χ2v) is 11.5. The molecule has 190 valence electrons. The maximum absolute atomic E-state index is 12.5. The van der Waals surface area contributed by atoms with Crippen LogP contribution in [0.4, 0.5) is 10.7 Å². The third-order valence-corrected chi connectivity index (χ3v) is 7.50. The van der Waals surface area contributed by atoms with Crippen LogP contribution in [-0.4, -0.2) is 69.6 Å². The van der Waals surface area contributed by atoms with Crippen LogP contribution >= 0.6 is 11.6 Å². The number of halogens is 1. The first-order chi connectivity index (χ1) is 16.8. The number of likely N-dealkylation sites (tertiary alicyclic amines) is 1. The van der Waals surface area contributed by atoms with Gasteiger partial charge in [-0.1, -0.05) is 18.0 Å². The van der Waals surface area contributed by atoms with Crippen molar-refractivity contribution in [2.45, 2.75) is 83.4 Å². The standard InChI is InChI=1S/C26H37ClN6O2/c1-26(2,3)35-25(34)28-20-16-18-15-19(27)7-8-22(18)33-23(17-20)29-30-24(33)32-13-9-21(10-14-32)31-11-5-4-6-12-31/h7-8,15,20-21H,4-6,9-14,16-17H2,1-3H3,(H,28,34). The van der Waals surface area contributed by atoms with E-state index in [0.29, 0.717) is 23.9 Å². The predicted molar refractivity (Wildman–Crippen MR) is 138 cm³/mol. The molecule has 5 rings (SSSR count). The van der Waals surface area contributed by atoms with Crippen LogP contribution in [0.3, 0.4) is 0 Å². The Hall–Kier alpha value is -2.32. The quantitative estimate of drug-likeness (QED) is 0.674. The summed E-state index contributed by atoms with van der Waals surface area (Å²) in [6, 6.07) is 6.46. The molecule has 1 unspecified atom stereocenters. The van der Waals surface area contributed by atoms with Crippen molar-refractivity contribution in [3.63, 3.8) is 0 Å². The molecule has 1 aromatic heterocycles. The van der Waals surface area contributed by atoms with Gasteiger partial charge in [0.15, 0.2) is 0 Å². The number of carbonyl (C=O) groups is 1. The molecular weight excluding hydrogens is 464 g/mol. The van der Waals surface area contributed by atoms with Gasteiger partial charge in [-0.15, -0.1) is 10.2 Å². The zero-order chi connectivity index (χ0) is 24.6. The molecule has 1 atom stereocenters. The van der Waals surface area contributed by atoms with Crippen molar-refractivity contribution in [2.75, 3.05) is 31.1 Å². The van der Waals surface area contributed by atoms with Gasteiger partial charge < -0.3 is 19.9 Å². The van der Waals surface area contributed by atoms with Crippen molar-refractivity contribution >= 4 is 23.6 Å². The lowest BCUT2D eigenvalue weighted by atomic mass is 10.00. The normalized spacial score (nSPS) is 21.7. The van der Waals surface area contributed by atoms with Gasteiger partial charge in [-0.2, -0.15) is 0 Å². The van der Waals surface area contributed by atoms with Crippen LogP contribution in [0.2, 0.25) is 5.02 Å². The molecule has 2 fully saturated rings. The molecule has 2 saturated heterocycles. The Kier molecular flexibility index (Phi) is 6.95. The van der Waals surface area contributed by atoms with Gasteiger partial charge in [-0.25, -0.2) is 4.79 Å². The Labute approximate surface area is 213 Å². The third-order valence-electron chi connectivity index (χ3n) is 7.27. The first-order valence-corrected chi connectivity index (χ1v) is 13.4. The largest absolute Gasteiger partial charge is 0.444 e. The number of anilines is 1. The van der Waals surface area contributed by atoms with Crippen molar-refractivity contribution in [1.82, 2.24) is 25.0 Å². The summed E-state index contributed by atoms with van der Waals surface area (Å²) in [7, 11) is 0. The summed E-state index contributed by atoms with van der Waals surface area (Å²) in [5.74, 6) is 1.74. The number of nitrogens with zero attached hydrogens (tertiary/aromatic N) is 5. The Balaban J connectivity index is 1.37. The highest BCUT2D eigenvalue weighted by Crippen LogP contribution is 2.32. The lowest BCUT2D eigenvalue weighted by molar-refractivity contribution is 0.0504. The van der Waals surface area contributed by atoms with Gasteiger partial charge in [0, 0.05) is 36.6 Å². The zero-order valence-corrected chi connectivity index (χ0v) is 21.9. The van der Waals surface area contributed by atoms with Crippen LogP contribution in [-0.2, 0) is 17.6 Å². The number of hydrogen-bond donors (Lipinski definition) is 1. The first kappa shape index (κ1) is 24.4. The van der Waals surface area contributed by atoms with Crippen LogP contribution in [0.5, 0.6) is 0 Å². The van der Waals surface area contributed by atoms with Crippen LogP contribution in [0.15, 0.2) is 18.2 Å². The van der Waals surface area contributed by atoms with E-state index < -0.39 is 11.7 Å². The SMILES string of the molecule is CC(C)(C)OC(=O)NC1Cc2cc(Cl)ccc2-n2c(nnc2N2CCC(N3CCCCC3)CC2)C1. The number of piperidine rings is 2. The van der Waals surface area contributed by atoms with E-state index in [1.165, 1.54) is 32.4 Å². The summed E-state index contributed by atoms with van der Waals surface area (Å²) < 4.78 is 7.68. The van der Waals surface area contributed by atoms with Crippen molar-refractivity contribution in [1.29, 1.82) is 0 Å². The number of amides is 1. The van der Waals surface area contributed by atoms with Crippen molar-refractivity contribution in [2.24, 2.45) is 0 Å². The maximum Gasteiger partial charge on any atom is 0.407 e. The molecule has 0 bridgehead atoms. The highest BCUT2D eigenvalue weighted by molar-refractivity contribution is 6.30.